The lowest BCUT2D eigenvalue weighted by Gasteiger charge is -2.16. The van der Waals surface area contributed by atoms with Crippen LogP contribution < -0.4 is 5.56 Å². The highest BCUT2D eigenvalue weighted by molar-refractivity contribution is 9.10. The van der Waals surface area contributed by atoms with E-state index in [1.165, 1.54) is 7.11 Å². The normalized spacial score (nSPS) is 12.8. The van der Waals surface area contributed by atoms with E-state index in [-0.39, 0.29) is 15.7 Å². The summed E-state index contributed by atoms with van der Waals surface area (Å²) >= 11 is 14.9. The predicted octanol–water partition coefficient (Wildman–Crippen LogP) is 3.13. The van der Waals surface area contributed by atoms with Gasteiger partial charge in [0.15, 0.2) is 6.29 Å². The van der Waals surface area contributed by atoms with Crippen LogP contribution in [0.5, 0.6) is 0 Å². The Kier molecular flexibility index (Phi) is 5.27. The van der Waals surface area contributed by atoms with Gasteiger partial charge >= 0.3 is 0 Å². The van der Waals surface area contributed by atoms with Gasteiger partial charge in [-0.2, -0.15) is 0 Å². The average Bonchev–Trinajstić information content (AvgIpc) is 2.25. The van der Waals surface area contributed by atoms with Crippen LogP contribution in [0.4, 0.5) is 0 Å². The zero-order chi connectivity index (χ0) is 12.3. The molecule has 1 unspecified atom stereocenters. The molecule has 1 N–H and O–H groups in total. The first kappa shape index (κ1) is 14.0. The van der Waals surface area contributed by atoms with Crippen molar-refractivity contribution in [2.24, 2.45) is 0 Å². The topological polar surface area (TPSA) is 51.3 Å². The van der Waals surface area contributed by atoms with E-state index in [9.17, 15) is 4.79 Å². The van der Waals surface area contributed by atoms with Crippen LogP contribution in [-0.4, -0.2) is 18.7 Å². The number of H-pyrrole nitrogens is 1. The fraction of sp³-hybridized carbons (Fsp3) is 0.444. The molecule has 4 nitrogen and oxygen atoms in total. The van der Waals surface area contributed by atoms with Gasteiger partial charge in [0.25, 0.3) is 5.56 Å². The van der Waals surface area contributed by atoms with E-state index in [1.54, 1.807) is 6.92 Å². The summed E-state index contributed by atoms with van der Waals surface area (Å²) in [6.07, 6.45) is -0.810. The molecule has 0 spiro atoms. The molecule has 0 saturated carbocycles. The van der Waals surface area contributed by atoms with Crippen molar-refractivity contribution in [3.63, 3.8) is 0 Å². The Morgan fingerprint density at radius 2 is 2.12 bits per heavy atom. The van der Waals surface area contributed by atoms with Gasteiger partial charge in [0, 0.05) is 13.7 Å². The van der Waals surface area contributed by atoms with Crippen LogP contribution in [0.2, 0.25) is 10.2 Å². The maximum atomic E-state index is 11.7. The van der Waals surface area contributed by atoms with E-state index in [4.69, 9.17) is 32.7 Å². The second-order valence-electron chi connectivity index (χ2n) is 2.83. The van der Waals surface area contributed by atoms with Crippen molar-refractivity contribution in [1.82, 2.24) is 4.98 Å². The minimum absolute atomic E-state index is 0.144. The summed E-state index contributed by atoms with van der Waals surface area (Å²) in [6, 6.07) is 0. The molecule has 0 aliphatic heterocycles. The maximum Gasteiger partial charge on any atom is 0.258 e. The quantitative estimate of drug-likeness (QED) is 0.681. The molecule has 1 rings (SSSR count). The number of hydrogen-bond donors (Lipinski definition) is 1. The van der Waals surface area contributed by atoms with Crippen LogP contribution in [0.25, 0.3) is 0 Å². The van der Waals surface area contributed by atoms with Gasteiger partial charge in [-0.25, -0.2) is 0 Å². The highest BCUT2D eigenvalue weighted by atomic mass is 79.9. The predicted molar refractivity (Wildman–Crippen MR) is 66.2 cm³/mol. The summed E-state index contributed by atoms with van der Waals surface area (Å²) in [4.78, 5) is 14.1. The minimum Gasteiger partial charge on any atom is -0.351 e. The molecule has 0 fully saturated rings. The zero-order valence-electron chi connectivity index (χ0n) is 8.64. The molecule has 1 aromatic heterocycles. The van der Waals surface area contributed by atoms with E-state index in [0.717, 1.165) is 0 Å². The molecule has 0 aliphatic rings. The Hall–Kier alpha value is -0.0700. The van der Waals surface area contributed by atoms with Crippen molar-refractivity contribution in [3.8, 4) is 0 Å². The molecule has 0 amide bonds. The Balaban J connectivity index is 3.32. The second-order valence-corrected chi connectivity index (χ2v) is 4.38. The first-order valence-electron chi connectivity index (χ1n) is 4.44. The molecular weight excluding hydrogens is 321 g/mol. The van der Waals surface area contributed by atoms with Gasteiger partial charge in [-0.3, -0.25) is 4.79 Å². The number of aromatic nitrogens is 1. The van der Waals surface area contributed by atoms with Gasteiger partial charge in [-0.15, -0.1) is 0 Å². The molecule has 7 heteroatoms. The first-order chi connectivity index (χ1) is 7.52. The van der Waals surface area contributed by atoms with Gasteiger partial charge in [-0.1, -0.05) is 23.2 Å². The lowest BCUT2D eigenvalue weighted by molar-refractivity contribution is -0.124. The molecule has 0 saturated heterocycles. The standard InChI is InChI=1S/C9H10BrCl2NO3/c1-3-16-9(15-2)4-6(11)5(10)7(12)13-8(4)14/h9H,3H2,1-2H3,(H,13,14). The Morgan fingerprint density at radius 1 is 1.50 bits per heavy atom. The van der Waals surface area contributed by atoms with E-state index in [0.29, 0.717) is 11.1 Å². The third kappa shape index (κ3) is 2.78. The number of aromatic amines is 1. The molecule has 1 heterocycles. The number of hydrogen-bond acceptors (Lipinski definition) is 3. The molecule has 16 heavy (non-hydrogen) atoms. The second kappa shape index (κ2) is 6.02. The number of pyridine rings is 1. The van der Waals surface area contributed by atoms with Crippen LogP contribution in [0.15, 0.2) is 9.27 Å². The molecule has 0 aliphatic carbocycles. The third-order valence-electron chi connectivity index (χ3n) is 1.86. The van der Waals surface area contributed by atoms with Crippen molar-refractivity contribution in [2.45, 2.75) is 13.2 Å². The van der Waals surface area contributed by atoms with Crippen LogP contribution in [-0.2, 0) is 9.47 Å². The van der Waals surface area contributed by atoms with Crippen LogP contribution in [0.1, 0.15) is 18.8 Å². The lowest BCUT2D eigenvalue weighted by atomic mass is 10.2. The van der Waals surface area contributed by atoms with Crippen molar-refractivity contribution < 1.29 is 9.47 Å². The van der Waals surface area contributed by atoms with E-state index < -0.39 is 11.8 Å². The van der Waals surface area contributed by atoms with Crippen molar-refractivity contribution in [1.29, 1.82) is 0 Å². The summed E-state index contributed by atoms with van der Waals surface area (Å²) in [5, 5.41) is 0.333. The number of methoxy groups -OCH3 is 1. The third-order valence-corrected chi connectivity index (χ3v) is 3.78. The molecule has 0 bridgehead atoms. The van der Waals surface area contributed by atoms with Crippen LogP contribution in [0, 0.1) is 0 Å². The van der Waals surface area contributed by atoms with Gasteiger partial charge in [0.1, 0.15) is 5.15 Å². The molecule has 0 radical (unpaired) electrons. The van der Waals surface area contributed by atoms with Crippen molar-refractivity contribution in [3.05, 3.63) is 30.6 Å². The number of ether oxygens (including phenoxy) is 2. The minimum atomic E-state index is -0.810. The number of nitrogens with one attached hydrogen (secondary N) is 1. The Bertz CT molecular complexity index is 435. The van der Waals surface area contributed by atoms with Crippen molar-refractivity contribution >= 4 is 39.1 Å². The smallest absolute Gasteiger partial charge is 0.258 e. The van der Waals surface area contributed by atoms with Crippen molar-refractivity contribution in [2.75, 3.05) is 13.7 Å². The molecular formula is C9H10BrCl2NO3. The molecule has 90 valence electrons. The van der Waals surface area contributed by atoms with Crippen LogP contribution >= 0.6 is 39.1 Å². The van der Waals surface area contributed by atoms with Crippen LogP contribution in [0.3, 0.4) is 0 Å². The zero-order valence-corrected chi connectivity index (χ0v) is 11.7. The first-order valence-corrected chi connectivity index (χ1v) is 5.98. The summed E-state index contributed by atoms with van der Waals surface area (Å²) < 4.78 is 10.7. The highest BCUT2D eigenvalue weighted by Crippen LogP contribution is 2.33. The van der Waals surface area contributed by atoms with E-state index in [2.05, 4.69) is 20.9 Å². The monoisotopic (exact) mass is 329 g/mol. The fourth-order valence-corrected chi connectivity index (χ4v) is 1.98. The van der Waals surface area contributed by atoms with Gasteiger partial charge in [0.05, 0.1) is 15.1 Å². The van der Waals surface area contributed by atoms with E-state index >= 15 is 0 Å². The molecule has 0 aromatic carbocycles. The highest BCUT2D eigenvalue weighted by Gasteiger charge is 2.22. The largest absolute Gasteiger partial charge is 0.351 e. The Labute approximate surface area is 111 Å². The molecule has 1 aromatic rings. The average molecular weight is 331 g/mol. The summed E-state index contributed by atoms with van der Waals surface area (Å²) in [5.41, 5.74) is -0.235. The van der Waals surface area contributed by atoms with Gasteiger partial charge in [0.2, 0.25) is 0 Å². The fourth-order valence-electron chi connectivity index (χ4n) is 1.17. The van der Waals surface area contributed by atoms with Gasteiger partial charge in [-0.05, 0) is 22.9 Å². The summed E-state index contributed by atoms with van der Waals surface area (Å²) in [6.45, 7) is 2.19. The maximum absolute atomic E-state index is 11.7. The lowest BCUT2D eigenvalue weighted by Crippen LogP contribution is -2.20. The van der Waals surface area contributed by atoms with Gasteiger partial charge < -0.3 is 14.5 Å². The summed E-state index contributed by atoms with van der Waals surface area (Å²) in [5.74, 6) is 0. The Morgan fingerprint density at radius 3 is 2.62 bits per heavy atom. The number of halogens is 3. The SMILES string of the molecule is CCOC(OC)c1c(Cl)c(Br)c(Cl)[nH]c1=O. The van der Waals surface area contributed by atoms with E-state index in [1.807, 2.05) is 0 Å². The summed E-state index contributed by atoms with van der Waals surface area (Å²) in [7, 11) is 1.43. The number of rotatable bonds is 4. The molecule has 1 atom stereocenters.